The van der Waals surface area contributed by atoms with Gasteiger partial charge in [-0.1, -0.05) is 59.6 Å². The molecule has 0 spiro atoms. The summed E-state index contributed by atoms with van der Waals surface area (Å²) in [5.74, 6) is 0. The number of halogens is 3. The first-order valence-corrected chi connectivity index (χ1v) is 9.48. The normalized spacial score (nSPS) is 18.6. The van der Waals surface area contributed by atoms with E-state index in [9.17, 15) is 4.79 Å². The molecule has 0 radical (unpaired) electrons. The number of nitrogens with one attached hydrogen (secondary N) is 1. The van der Waals surface area contributed by atoms with Gasteiger partial charge in [-0.15, -0.1) is 0 Å². The maximum atomic E-state index is 12.6. The number of hydrogen-bond acceptors (Lipinski definition) is 3. The molecule has 1 unspecified atom stereocenters. The van der Waals surface area contributed by atoms with Crippen LogP contribution in [0.4, 0.5) is 16.2 Å². The fourth-order valence-electron chi connectivity index (χ4n) is 2.29. The summed E-state index contributed by atoms with van der Waals surface area (Å²) in [4.78, 5) is 18.8. The Morgan fingerprint density at radius 3 is 2.72 bits per heavy atom. The van der Waals surface area contributed by atoms with E-state index in [2.05, 4.69) is 10.3 Å². The van der Waals surface area contributed by atoms with Gasteiger partial charge < -0.3 is 5.32 Å². The summed E-state index contributed by atoms with van der Waals surface area (Å²) in [6, 6.07) is 11.9. The maximum Gasteiger partial charge on any atom is 0.327 e. The lowest BCUT2D eigenvalue weighted by Crippen LogP contribution is -2.36. The number of benzene rings is 2. The van der Waals surface area contributed by atoms with Gasteiger partial charge in [-0.05, 0) is 36.4 Å². The molecule has 1 aliphatic heterocycles. The summed E-state index contributed by atoms with van der Waals surface area (Å²) in [6.45, 7) is 2.61. The minimum Gasteiger partial charge on any atom is -0.307 e. The molecule has 0 saturated carbocycles. The van der Waals surface area contributed by atoms with Crippen molar-refractivity contribution in [1.29, 1.82) is 0 Å². The van der Waals surface area contributed by atoms with Gasteiger partial charge >= 0.3 is 6.03 Å². The lowest BCUT2D eigenvalue weighted by molar-refractivity contribution is 0.235. The van der Waals surface area contributed by atoms with E-state index in [4.69, 9.17) is 34.8 Å². The Balaban J connectivity index is 1.81. The van der Waals surface area contributed by atoms with Crippen LogP contribution in [0.15, 0.2) is 47.5 Å². The van der Waals surface area contributed by atoms with Crippen molar-refractivity contribution in [2.24, 2.45) is 4.99 Å². The number of carbonyl (C=O) groups excluding carboxylic acids is 1. The smallest absolute Gasteiger partial charge is 0.307 e. The van der Waals surface area contributed by atoms with Gasteiger partial charge in [-0.25, -0.2) is 9.79 Å². The van der Waals surface area contributed by atoms with E-state index >= 15 is 0 Å². The topological polar surface area (TPSA) is 44.7 Å². The van der Waals surface area contributed by atoms with E-state index < -0.39 is 0 Å². The highest BCUT2D eigenvalue weighted by molar-refractivity contribution is 8.14. The molecule has 0 aromatic heterocycles. The zero-order chi connectivity index (χ0) is 18.0. The molecule has 2 amide bonds. The van der Waals surface area contributed by atoms with Crippen LogP contribution in [0.1, 0.15) is 6.92 Å². The average Bonchev–Trinajstić information content (AvgIpc) is 2.91. The molecule has 4 nitrogen and oxygen atoms in total. The number of anilines is 1. The third kappa shape index (κ3) is 4.61. The number of carbonyl (C=O) groups is 1. The zero-order valence-electron chi connectivity index (χ0n) is 13.2. The van der Waals surface area contributed by atoms with E-state index in [1.54, 1.807) is 47.0 Å². The first kappa shape index (κ1) is 18.4. The molecular formula is C17H14Cl3N3OS. The Hall–Kier alpha value is -1.40. The second kappa shape index (κ2) is 7.87. The molecule has 25 heavy (non-hydrogen) atoms. The van der Waals surface area contributed by atoms with Crippen molar-refractivity contribution in [2.75, 3.05) is 11.9 Å². The molecule has 1 N–H and O–H groups in total. The number of nitrogens with zero attached hydrogens (tertiary/aromatic N) is 2. The maximum absolute atomic E-state index is 12.6. The Morgan fingerprint density at radius 1 is 1.20 bits per heavy atom. The average molecular weight is 415 g/mol. The Morgan fingerprint density at radius 2 is 2.00 bits per heavy atom. The van der Waals surface area contributed by atoms with Crippen LogP contribution in [0.3, 0.4) is 0 Å². The van der Waals surface area contributed by atoms with E-state index in [1.807, 2.05) is 19.1 Å². The Kier molecular flexibility index (Phi) is 5.79. The van der Waals surface area contributed by atoms with Crippen LogP contribution in [-0.2, 0) is 0 Å². The van der Waals surface area contributed by atoms with Crippen molar-refractivity contribution < 1.29 is 4.79 Å². The van der Waals surface area contributed by atoms with Gasteiger partial charge in [0, 0.05) is 22.5 Å². The molecule has 3 rings (SSSR count). The SMILES string of the molecule is CC1CN(C(=O)Nc2ccc(Cl)c(Cl)c2)C(=Nc2cccc(Cl)c2)S1. The number of amides is 2. The fraction of sp³-hybridized carbons (Fsp3) is 0.176. The van der Waals surface area contributed by atoms with E-state index in [-0.39, 0.29) is 11.3 Å². The van der Waals surface area contributed by atoms with E-state index in [0.29, 0.717) is 38.2 Å². The van der Waals surface area contributed by atoms with Crippen molar-refractivity contribution in [2.45, 2.75) is 12.2 Å². The van der Waals surface area contributed by atoms with Gasteiger partial charge in [-0.2, -0.15) is 0 Å². The number of urea groups is 1. The molecule has 2 aromatic rings. The van der Waals surface area contributed by atoms with Crippen LogP contribution < -0.4 is 5.32 Å². The van der Waals surface area contributed by atoms with Gasteiger partial charge in [0.1, 0.15) is 0 Å². The molecular weight excluding hydrogens is 401 g/mol. The lowest BCUT2D eigenvalue weighted by Gasteiger charge is -2.17. The Labute approximate surface area is 165 Å². The second-order valence-electron chi connectivity index (χ2n) is 5.47. The van der Waals surface area contributed by atoms with Crippen LogP contribution in [0.25, 0.3) is 0 Å². The minimum absolute atomic E-state index is 0.248. The van der Waals surface area contributed by atoms with Gasteiger partial charge in [0.2, 0.25) is 0 Å². The quantitative estimate of drug-likeness (QED) is 0.626. The summed E-state index contributed by atoms with van der Waals surface area (Å²) in [5.41, 5.74) is 1.28. The second-order valence-corrected chi connectivity index (χ2v) is 8.13. The molecule has 1 fully saturated rings. The predicted molar refractivity (Wildman–Crippen MR) is 108 cm³/mol. The minimum atomic E-state index is -0.268. The first-order chi connectivity index (χ1) is 11.9. The van der Waals surface area contributed by atoms with Crippen LogP contribution in [-0.4, -0.2) is 27.9 Å². The standard InChI is InChI=1S/C17H14Cl3N3OS/c1-10-9-23(16(24)21-13-5-6-14(19)15(20)8-13)17(25-10)22-12-4-2-3-11(18)7-12/h2-8,10H,9H2,1H3,(H,21,24). The van der Waals surface area contributed by atoms with Crippen molar-refractivity contribution in [3.63, 3.8) is 0 Å². The van der Waals surface area contributed by atoms with Crippen LogP contribution >= 0.6 is 46.6 Å². The monoisotopic (exact) mass is 413 g/mol. The van der Waals surface area contributed by atoms with Crippen molar-refractivity contribution in [1.82, 2.24) is 4.90 Å². The molecule has 1 atom stereocenters. The van der Waals surface area contributed by atoms with Crippen molar-refractivity contribution >= 4 is 69.1 Å². The molecule has 8 heteroatoms. The summed E-state index contributed by atoms with van der Waals surface area (Å²) < 4.78 is 0. The largest absolute Gasteiger partial charge is 0.327 e. The molecule has 2 aromatic carbocycles. The summed E-state index contributed by atoms with van der Waals surface area (Å²) in [5, 5.41) is 5.13. The fourth-order valence-corrected chi connectivity index (χ4v) is 3.80. The number of hydrogen-bond donors (Lipinski definition) is 1. The molecule has 1 aliphatic rings. The third-order valence-corrected chi connectivity index (χ3v) is 5.47. The first-order valence-electron chi connectivity index (χ1n) is 7.47. The highest BCUT2D eigenvalue weighted by Gasteiger charge is 2.31. The van der Waals surface area contributed by atoms with Crippen molar-refractivity contribution in [3.8, 4) is 0 Å². The van der Waals surface area contributed by atoms with Crippen LogP contribution in [0, 0.1) is 0 Å². The third-order valence-electron chi connectivity index (χ3n) is 3.43. The lowest BCUT2D eigenvalue weighted by atomic mass is 10.3. The van der Waals surface area contributed by atoms with Crippen molar-refractivity contribution in [3.05, 3.63) is 57.5 Å². The van der Waals surface area contributed by atoms with Crippen LogP contribution in [0.5, 0.6) is 0 Å². The van der Waals surface area contributed by atoms with Gasteiger partial charge in [-0.3, -0.25) is 4.90 Å². The number of rotatable bonds is 2. The summed E-state index contributed by atoms with van der Waals surface area (Å²) >= 11 is 19.4. The van der Waals surface area contributed by atoms with Gasteiger partial charge in [0.25, 0.3) is 0 Å². The van der Waals surface area contributed by atoms with Gasteiger partial charge in [0.05, 0.1) is 15.7 Å². The van der Waals surface area contributed by atoms with Crippen LogP contribution in [0.2, 0.25) is 15.1 Å². The molecule has 0 bridgehead atoms. The molecule has 0 aliphatic carbocycles. The summed E-state index contributed by atoms with van der Waals surface area (Å²) in [6.07, 6.45) is 0. The predicted octanol–water partition coefficient (Wildman–Crippen LogP) is 6.30. The van der Waals surface area contributed by atoms with E-state index in [1.165, 1.54) is 0 Å². The number of thioether (sulfide) groups is 1. The number of amidine groups is 1. The summed E-state index contributed by atoms with van der Waals surface area (Å²) in [7, 11) is 0. The van der Waals surface area contributed by atoms with Gasteiger partial charge in [0.15, 0.2) is 5.17 Å². The molecule has 1 heterocycles. The molecule has 1 saturated heterocycles. The zero-order valence-corrected chi connectivity index (χ0v) is 16.3. The van der Waals surface area contributed by atoms with E-state index in [0.717, 1.165) is 0 Å². The molecule has 130 valence electrons. The Bertz CT molecular complexity index is 844. The number of aliphatic imine (C=N–C) groups is 1. The highest BCUT2D eigenvalue weighted by atomic mass is 35.5. The highest BCUT2D eigenvalue weighted by Crippen LogP contribution is 2.30.